The highest BCUT2D eigenvalue weighted by Crippen LogP contribution is 2.37. The highest BCUT2D eigenvalue weighted by molar-refractivity contribution is 5.94. The minimum Gasteiger partial charge on any atom is -0.342 e. The molecule has 0 saturated carbocycles. The number of benzene rings is 1. The maximum Gasteiger partial charge on any atom is 0.471 e. The predicted octanol–water partition coefficient (Wildman–Crippen LogP) is 2.46. The van der Waals surface area contributed by atoms with Crippen molar-refractivity contribution in [3.05, 3.63) is 42.5 Å². The highest BCUT2D eigenvalue weighted by Gasteiger charge is 2.43. The Morgan fingerprint density at radius 3 is 2.65 bits per heavy atom. The van der Waals surface area contributed by atoms with Crippen LogP contribution in [0.2, 0.25) is 0 Å². The second-order valence-electron chi connectivity index (χ2n) is 5.83. The van der Waals surface area contributed by atoms with E-state index >= 15 is 0 Å². The van der Waals surface area contributed by atoms with Gasteiger partial charge in [-0.05, 0) is 18.6 Å². The van der Waals surface area contributed by atoms with Crippen LogP contribution >= 0.6 is 0 Å². The van der Waals surface area contributed by atoms with Crippen molar-refractivity contribution in [2.45, 2.75) is 38.0 Å². The molecule has 1 fully saturated rings. The van der Waals surface area contributed by atoms with E-state index in [0.29, 0.717) is 12.2 Å². The zero-order valence-electron chi connectivity index (χ0n) is 13.9. The third-order valence-corrected chi connectivity index (χ3v) is 3.99. The molecule has 3 rings (SSSR count). The van der Waals surface area contributed by atoms with Crippen LogP contribution in [0.3, 0.4) is 0 Å². The molecule has 1 aliphatic heterocycles. The summed E-state index contributed by atoms with van der Waals surface area (Å²) in [6.45, 7) is 2.59. The van der Waals surface area contributed by atoms with E-state index in [2.05, 4.69) is 10.1 Å². The molecule has 2 atom stereocenters. The fourth-order valence-electron chi connectivity index (χ4n) is 2.63. The van der Waals surface area contributed by atoms with Crippen LogP contribution in [0.5, 0.6) is 0 Å². The molecule has 2 heterocycles. The maximum absolute atomic E-state index is 12.3. The Morgan fingerprint density at radius 2 is 2.12 bits per heavy atom. The molecule has 0 radical (unpaired) electrons. The summed E-state index contributed by atoms with van der Waals surface area (Å²) in [4.78, 5) is 14.9. The van der Waals surface area contributed by atoms with Crippen LogP contribution in [0.15, 0.2) is 36.9 Å². The van der Waals surface area contributed by atoms with E-state index in [0.717, 1.165) is 6.42 Å². The molecule has 10 heteroatoms. The quantitative estimate of drug-likeness (QED) is 0.875. The van der Waals surface area contributed by atoms with Gasteiger partial charge in [-0.1, -0.05) is 19.1 Å². The van der Waals surface area contributed by atoms with Crippen LogP contribution in [0.4, 0.5) is 18.9 Å². The zero-order chi connectivity index (χ0) is 18.8. The van der Waals surface area contributed by atoms with Gasteiger partial charge in [0.25, 0.3) is 0 Å². The fraction of sp³-hybridized carbons (Fsp3) is 0.438. The third kappa shape index (κ3) is 3.86. The summed E-state index contributed by atoms with van der Waals surface area (Å²) < 4.78 is 50.5. The minimum atomic E-state index is -4.95. The molecule has 0 bridgehead atoms. The van der Waals surface area contributed by atoms with Gasteiger partial charge in [0.2, 0.25) is 5.79 Å². The summed E-state index contributed by atoms with van der Waals surface area (Å²) >= 11 is 0. The van der Waals surface area contributed by atoms with Gasteiger partial charge in [0.1, 0.15) is 19.2 Å². The summed E-state index contributed by atoms with van der Waals surface area (Å²) in [7, 11) is 0. The number of halogens is 3. The molecule has 0 aliphatic carbocycles. The van der Waals surface area contributed by atoms with Gasteiger partial charge in [-0.3, -0.25) is 4.79 Å². The first kappa shape index (κ1) is 18.3. The summed E-state index contributed by atoms with van der Waals surface area (Å²) in [5.74, 6) is -3.15. The Labute approximate surface area is 147 Å². The number of rotatable bonds is 5. The van der Waals surface area contributed by atoms with Crippen LogP contribution in [0.25, 0.3) is 0 Å². The Hall–Kier alpha value is -2.46. The Balaban J connectivity index is 1.82. The number of nitrogens with zero attached hydrogens (tertiary/aromatic N) is 3. The van der Waals surface area contributed by atoms with Crippen molar-refractivity contribution in [3.63, 3.8) is 0 Å². The molecule has 140 valence electrons. The van der Waals surface area contributed by atoms with Crippen molar-refractivity contribution < 1.29 is 27.4 Å². The van der Waals surface area contributed by atoms with Crippen molar-refractivity contribution in [3.8, 4) is 0 Å². The van der Waals surface area contributed by atoms with E-state index in [9.17, 15) is 18.0 Å². The number of aromatic nitrogens is 3. The molecule has 1 aromatic heterocycles. The zero-order valence-corrected chi connectivity index (χ0v) is 13.9. The lowest BCUT2D eigenvalue weighted by molar-refractivity contribution is -0.188. The Morgan fingerprint density at radius 1 is 1.38 bits per heavy atom. The van der Waals surface area contributed by atoms with Crippen molar-refractivity contribution >= 4 is 11.6 Å². The molecule has 2 aromatic rings. The summed E-state index contributed by atoms with van der Waals surface area (Å²) in [6, 6.07) is 5.85. The largest absolute Gasteiger partial charge is 0.471 e. The molecule has 2 unspecified atom stereocenters. The van der Waals surface area contributed by atoms with Gasteiger partial charge in [0.05, 0.1) is 12.7 Å². The lowest BCUT2D eigenvalue weighted by Crippen LogP contribution is -2.34. The average molecular weight is 370 g/mol. The van der Waals surface area contributed by atoms with Gasteiger partial charge >= 0.3 is 12.1 Å². The second-order valence-corrected chi connectivity index (χ2v) is 5.83. The molecule has 7 nitrogen and oxygen atoms in total. The smallest absolute Gasteiger partial charge is 0.342 e. The molecule has 26 heavy (non-hydrogen) atoms. The van der Waals surface area contributed by atoms with Crippen molar-refractivity contribution in [1.82, 2.24) is 14.8 Å². The lowest BCUT2D eigenvalue weighted by Gasteiger charge is -2.28. The molecular formula is C16H17F3N4O3. The van der Waals surface area contributed by atoms with Crippen LogP contribution < -0.4 is 5.32 Å². The monoisotopic (exact) mass is 370 g/mol. The number of alkyl halides is 3. The number of anilines is 1. The first-order valence-corrected chi connectivity index (χ1v) is 7.95. The van der Waals surface area contributed by atoms with Gasteiger partial charge < -0.3 is 14.8 Å². The summed E-state index contributed by atoms with van der Waals surface area (Å²) in [5.41, 5.74) is 0.631. The molecule has 1 saturated heterocycles. The van der Waals surface area contributed by atoms with Gasteiger partial charge in [-0.2, -0.15) is 18.3 Å². The topological polar surface area (TPSA) is 78.3 Å². The third-order valence-electron chi connectivity index (χ3n) is 3.99. The second kappa shape index (κ2) is 7.04. The average Bonchev–Trinajstić information content (AvgIpc) is 3.25. The van der Waals surface area contributed by atoms with Crippen molar-refractivity contribution in [1.29, 1.82) is 0 Å². The van der Waals surface area contributed by atoms with E-state index in [-0.39, 0.29) is 18.3 Å². The van der Waals surface area contributed by atoms with Crippen LogP contribution in [0.1, 0.15) is 18.9 Å². The highest BCUT2D eigenvalue weighted by atomic mass is 19.4. The Bertz CT molecular complexity index is 749. The molecular weight excluding hydrogens is 353 g/mol. The molecule has 1 N–H and O–H groups in total. The first-order chi connectivity index (χ1) is 12.3. The fourth-order valence-corrected chi connectivity index (χ4v) is 2.63. The van der Waals surface area contributed by atoms with Gasteiger partial charge in [-0.15, -0.1) is 0 Å². The predicted molar refractivity (Wildman–Crippen MR) is 83.9 cm³/mol. The number of hydrogen-bond donors (Lipinski definition) is 1. The number of carbonyl (C=O) groups is 1. The van der Waals surface area contributed by atoms with E-state index in [4.69, 9.17) is 9.47 Å². The van der Waals surface area contributed by atoms with Crippen molar-refractivity contribution in [2.75, 3.05) is 11.9 Å². The minimum absolute atomic E-state index is 0.0250. The number of hydrogen-bond acceptors (Lipinski definition) is 5. The normalized spacial score (nSPS) is 23.2. The maximum atomic E-state index is 12.3. The van der Waals surface area contributed by atoms with E-state index in [1.54, 1.807) is 22.1 Å². The number of carbonyl (C=O) groups excluding carboxylic acids is 1. The molecule has 0 spiro atoms. The van der Waals surface area contributed by atoms with Gasteiger partial charge in [-0.25, -0.2) is 9.67 Å². The van der Waals surface area contributed by atoms with Gasteiger partial charge in [0, 0.05) is 11.3 Å². The summed E-state index contributed by atoms with van der Waals surface area (Å²) in [5, 5.41) is 5.85. The standard InChI is InChI=1S/C16H17F3N4O3/c1-2-13-7-25-15(26-13,8-23-10-20-9-21-23)11-3-5-12(6-4-11)22-14(24)16(17,18)19/h3-6,9-10,13H,2,7-8H2,1H3,(H,22,24). The van der Waals surface area contributed by atoms with E-state index in [1.807, 2.05) is 6.92 Å². The number of amides is 1. The molecule has 1 aliphatic rings. The molecule has 1 amide bonds. The Kier molecular flexibility index (Phi) is 4.97. The van der Waals surface area contributed by atoms with E-state index in [1.165, 1.54) is 24.8 Å². The number of nitrogens with one attached hydrogen (secondary N) is 1. The SMILES string of the molecule is CCC1COC(Cn2cncn2)(c2ccc(NC(=O)C(F)(F)F)cc2)O1. The number of ether oxygens (including phenoxy) is 2. The van der Waals surface area contributed by atoms with Crippen LogP contribution in [0, 0.1) is 0 Å². The van der Waals surface area contributed by atoms with Crippen molar-refractivity contribution in [2.24, 2.45) is 0 Å². The van der Waals surface area contributed by atoms with E-state index < -0.39 is 17.9 Å². The van der Waals surface area contributed by atoms with Gasteiger partial charge in [0.15, 0.2) is 0 Å². The lowest BCUT2D eigenvalue weighted by atomic mass is 10.0. The van der Waals surface area contributed by atoms with Crippen LogP contribution in [-0.4, -0.2) is 39.6 Å². The molecule has 1 aromatic carbocycles. The first-order valence-electron chi connectivity index (χ1n) is 7.95. The van der Waals surface area contributed by atoms with Crippen LogP contribution in [-0.2, 0) is 26.6 Å². The summed E-state index contributed by atoms with van der Waals surface area (Å²) in [6.07, 6.45) is -1.40.